The summed E-state index contributed by atoms with van der Waals surface area (Å²) in [5, 5.41) is 26.8. The summed E-state index contributed by atoms with van der Waals surface area (Å²) < 4.78 is 5.83. The second kappa shape index (κ2) is 11.3. The smallest absolute Gasteiger partial charge is 0.151 e. The van der Waals surface area contributed by atoms with Gasteiger partial charge in [0.25, 0.3) is 0 Å². The summed E-state index contributed by atoms with van der Waals surface area (Å²) in [6.07, 6.45) is 13.3. The van der Waals surface area contributed by atoms with Gasteiger partial charge in [0.1, 0.15) is 17.0 Å². The highest BCUT2D eigenvalue weighted by atomic mass is 32.2. The number of aromatic nitrogens is 1. The zero-order valence-corrected chi connectivity index (χ0v) is 21.8. The number of piperidine rings is 1. The van der Waals surface area contributed by atoms with Crippen LogP contribution in [0.15, 0.2) is 75.0 Å². The fraction of sp³-hybridized carbons (Fsp3) is 0.500. The molecule has 0 bridgehead atoms. The number of aromatic hydroxyl groups is 1. The van der Waals surface area contributed by atoms with Crippen LogP contribution in [0.3, 0.4) is 0 Å². The van der Waals surface area contributed by atoms with Crippen LogP contribution >= 0.6 is 11.8 Å². The van der Waals surface area contributed by atoms with E-state index in [0.29, 0.717) is 29.2 Å². The average molecular weight is 505 g/mol. The molecule has 0 spiro atoms. The minimum Gasteiger partial charge on any atom is -0.508 e. The van der Waals surface area contributed by atoms with Gasteiger partial charge in [0.05, 0.1) is 6.54 Å². The maximum absolute atomic E-state index is 12.1. The number of rotatable bonds is 8. The Balaban J connectivity index is 1.33. The van der Waals surface area contributed by atoms with Crippen LogP contribution in [-0.2, 0) is 12.1 Å². The van der Waals surface area contributed by atoms with E-state index in [4.69, 9.17) is 4.52 Å². The summed E-state index contributed by atoms with van der Waals surface area (Å²) >= 11 is 1.86. The molecule has 2 fully saturated rings. The first-order valence-corrected chi connectivity index (χ1v) is 14.2. The summed E-state index contributed by atoms with van der Waals surface area (Å²) in [5.41, 5.74) is 6.28. The van der Waals surface area contributed by atoms with Crippen molar-refractivity contribution in [2.75, 3.05) is 13.1 Å². The van der Waals surface area contributed by atoms with Gasteiger partial charge in [0, 0.05) is 28.3 Å². The number of hydrogen-bond donors (Lipinski definition) is 2. The van der Waals surface area contributed by atoms with E-state index in [1.807, 2.05) is 48.2 Å². The van der Waals surface area contributed by atoms with Crippen LogP contribution in [0.25, 0.3) is 0 Å². The molecule has 2 N–H and O–H groups in total. The van der Waals surface area contributed by atoms with Crippen LogP contribution in [0.2, 0.25) is 0 Å². The van der Waals surface area contributed by atoms with Gasteiger partial charge >= 0.3 is 0 Å². The lowest BCUT2D eigenvalue weighted by Gasteiger charge is -2.37. The maximum atomic E-state index is 12.1. The number of nitrogens with zero attached hydrogens (tertiary/aromatic N) is 2. The zero-order chi connectivity index (χ0) is 25.0. The van der Waals surface area contributed by atoms with Crippen molar-refractivity contribution >= 4 is 11.8 Å². The van der Waals surface area contributed by atoms with Gasteiger partial charge < -0.3 is 14.7 Å². The summed E-state index contributed by atoms with van der Waals surface area (Å²) in [6.45, 7) is 4.90. The lowest BCUT2D eigenvalue weighted by molar-refractivity contribution is -0.00730. The van der Waals surface area contributed by atoms with E-state index >= 15 is 0 Å². The highest BCUT2D eigenvalue weighted by Crippen LogP contribution is 2.44. The number of benzene rings is 1. The van der Waals surface area contributed by atoms with Gasteiger partial charge in [-0.25, -0.2) is 0 Å². The summed E-state index contributed by atoms with van der Waals surface area (Å²) in [5.74, 6) is 1.84. The second-order valence-electron chi connectivity index (χ2n) is 10.3. The van der Waals surface area contributed by atoms with Crippen molar-refractivity contribution in [3.8, 4) is 5.75 Å². The van der Waals surface area contributed by atoms with Crippen molar-refractivity contribution in [3.05, 3.63) is 77.0 Å². The van der Waals surface area contributed by atoms with Crippen molar-refractivity contribution in [2.45, 2.75) is 74.2 Å². The molecule has 0 radical (unpaired) electrons. The van der Waals surface area contributed by atoms with Crippen LogP contribution in [0.4, 0.5) is 0 Å². The first kappa shape index (κ1) is 25.2. The van der Waals surface area contributed by atoms with Gasteiger partial charge in [-0.05, 0) is 68.0 Å². The third kappa shape index (κ3) is 5.44. The highest BCUT2D eigenvalue weighted by molar-refractivity contribution is 8.00. The summed E-state index contributed by atoms with van der Waals surface area (Å²) in [4.78, 5) is 3.54. The molecule has 36 heavy (non-hydrogen) atoms. The average Bonchev–Trinajstić information content (AvgIpc) is 3.38. The van der Waals surface area contributed by atoms with Crippen molar-refractivity contribution < 1.29 is 14.7 Å². The van der Waals surface area contributed by atoms with Crippen LogP contribution < -0.4 is 0 Å². The molecule has 5 nitrogen and oxygen atoms in total. The Kier molecular flexibility index (Phi) is 7.90. The lowest BCUT2D eigenvalue weighted by Crippen LogP contribution is -2.41. The Morgan fingerprint density at radius 2 is 2.06 bits per heavy atom. The highest BCUT2D eigenvalue weighted by Gasteiger charge is 2.44. The molecule has 6 heteroatoms. The molecular formula is C30H36N2O3S. The number of hydrogen-bond acceptors (Lipinski definition) is 6. The SMILES string of the molecule is CCC1CCN(Cc2cc(C(O)(C3=C=C=CC=C3)C3CCCCC3)no2)C[C@@H]1Sc1cccc(O)c1. The van der Waals surface area contributed by atoms with Crippen LogP contribution in [0.1, 0.15) is 63.3 Å². The van der Waals surface area contributed by atoms with Gasteiger partial charge in [-0.3, -0.25) is 4.90 Å². The van der Waals surface area contributed by atoms with E-state index < -0.39 is 5.60 Å². The first-order valence-electron chi connectivity index (χ1n) is 13.3. The molecule has 2 heterocycles. The van der Waals surface area contributed by atoms with Crippen molar-refractivity contribution in [3.63, 3.8) is 0 Å². The predicted octanol–water partition coefficient (Wildman–Crippen LogP) is 6.35. The van der Waals surface area contributed by atoms with Gasteiger partial charge in [0.15, 0.2) is 5.76 Å². The third-order valence-corrected chi connectivity index (χ3v) is 9.36. The number of phenolic OH excluding ortho intramolecular Hbond substituents is 1. The van der Waals surface area contributed by atoms with E-state index in [0.717, 1.165) is 67.8 Å². The van der Waals surface area contributed by atoms with E-state index in [-0.39, 0.29) is 5.92 Å². The third-order valence-electron chi connectivity index (χ3n) is 7.99. The zero-order valence-electron chi connectivity index (χ0n) is 21.0. The lowest BCUT2D eigenvalue weighted by atomic mass is 9.71. The van der Waals surface area contributed by atoms with Crippen molar-refractivity contribution in [1.82, 2.24) is 10.1 Å². The molecule has 1 saturated carbocycles. The number of phenols is 1. The number of likely N-dealkylation sites (tertiary alicyclic amines) is 1. The van der Waals surface area contributed by atoms with E-state index in [9.17, 15) is 10.2 Å². The molecule has 2 aromatic rings. The molecule has 3 aliphatic rings. The first-order chi connectivity index (χ1) is 17.6. The fourth-order valence-corrected chi connectivity index (χ4v) is 7.46. The predicted molar refractivity (Wildman–Crippen MR) is 143 cm³/mol. The monoisotopic (exact) mass is 504 g/mol. The Morgan fingerprint density at radius 3 is 2.81 bits per heavy atom. The van der Waals surface area contributed by atoms with Gasteiger partial charge in [-0.15, -0.1) is 11.8 Å². The molecule has 3 atom stereocenters. The van der Waals surface area contributed by atoms with Gasteiger partial charge in [-0.1, -0.05) is 61.4 Å². The Morgan fingerprint density at radius 1 is 1.19 bits per heavy atom. The molecule has 1 saturated heterocycles. The summed E-state index contributed by atoms with van der Waals surface area (Å²) in [7, 11) is 0. The number of allylic oxidation sites excluding steroid dienone is 2. The molecule has 1 aliphatic heterocycles. The fourth-order valence-electron chi connectivity index (χ4n) is 5.96. The molecule has 5 rings (SSSR count). The van der Waals surface area contributed by atoms with Crippen LogP contribution in [-0.4, -0.2) is 38.6 Å². The Hall–Kier alpha value is -2.46. The van der Waals surface area contributed by atoms with Crippen LogP contribution in [0.5, 0.6) is 5.75 Å². The normalized spacial score (nSPS) is 24.6. The molecule has 1 aromatic heterocycles. The molecular weight excluding hydrogens is 468 g/mol. The topological polar surface area (TPSA) is 69.7 Å². The van der Waals surface area contributed by atoms with E-state index in [1.165, 1.54) is 6.42 Å². The Labute approximate surface area is 218 Å². The molecule has 1 aromatic carbocycles. The molecule has 190 valence electrons. The van der Waals surface area contributed by atoms with Crippen LogP contribution in [0, 0.1) is 11.8 Å². The molecule has 0 amide bonds. The maximum Gasteiger partial charge on any atom is 0.151 e. The summed E-state index contributed by atoms with van der Waals surface area (Å²) in [6, 6.07) is 9.51. The molecule has 2 aliphatic carbocycles. The largest absolute Gasteiger partial charge is 0.508 e. The Bertz CT molecular complexity index is 1180. The number of aliphatic hydroxyl groups is 1. The minimum absolute atomic E-state index is 0.0969. The van der Waals surface area contributed by atoms with Gasteiger partial charge in [-0.2, -0.15) is 0 Å². The van der Waals surface area contributed by atoms with Crippen molar-refractivity contribution in [1.29, 1.82) is 0 Å². The van der Waals surface area contributed by atoms with Crippen molar-refractivity contribution in [2.24, 2.45) is 11.8 Å². The van der Waals surface area contributed by atoms with E-state index in [1.54, 1.807) is 6.07 Å². The van der Waals surface area contributed by atoms with E-state index in [2.05, 4.69) is 34.5 Å². The quantitative estimate of drug-likeness (QED) is 0.409. The molecule has 2 unspecified atom stereocenters. The minimum atomic E-state index is -1.21. The van der Waals surface area contributed by atoms with Gasteiger partial charge in [0.2, 0.25) is 0 Å². The standard InChI is InChI=1S/C30H36N2O3S/c1-2-22-16-17-32(21-28(22)36-27-15-9-14-25(33)18-27)20-26-19-29(31-35-26)30(34,23-10-5-3-6-11-23)24-12-7-4-8-13-24/h3,5,9-10,14-15,18-19,22,24,28,33-34H,2,4,7-8,12-13,16-17,20-21H2,1H3/t22?,28-,30?/m0/s1. The second-order valence-corrected chi connectivity index (χ2v) is 11.6. The number of thioether (sulfide) groups is 1.